The summed E-state index contributed by atoms with van der Waals surface area (Å²) in [5.41, 5.74) is 0. The van der Waals surface area contributed by atoms with E-state index in [-0.39, 0.29) is 12.0 Å². The monoisotopic (exact) mass is 168 g/mol. The lowest BCUT2D eigenvalue weighted by molar-refractivity contribution is 0.143. The van der Waals surface area contributed by atoms with E-state index in [1.54, 1.807) is 17.4 Å². The molecule has 0 aliphatic heterocycles. The van der Waals surface area contributed by atoms with Crippen LogP contribution in [0.5, 0.6) is 0 Å². The summed E-state index contributed by atoms with van der Waals surface area (Å²) >= 11 is 1.58. The molecule has 1 aromatic heterocycles. The second-order valence-electron chi connectivity index (χ2n) is 2.56. The van der Waals surface area contributed by atoms with Crippen LogP contribution < -0.4 is 0 Å². The average molecular weight is 168 g/mol. The van der Waals surface area contributed by atoms with Crippen LogP contribution in [0.1, 0.15) is 17.9 Å². The van der Waals surface area contributed by atoms with Crippen molar-refractivity contribution in [2.24, 2.45) is 5.92 Å². The molecule has 1 rings (SSSR count). The maximum absolute atomic E-state index is 9.62. The van der Waals surface area contributed by atoms with Crippen LogP contribution in [0.25, 0.3) is 0 Å². The predicted octanol–water partition coefficient (Wildman–Crippen LogP) is 2.60. The van der Waals surface area contributed by atoms with E-state index in [2.05, 4.69) is 6.58 Å². The number of hydrogen-bond donors (Lipinski definition) is 1. The molecule has 0 bridgehead atoms. The quantitative estimate of drug-likeness (QED) is 0.688. The van der Waals surface area contributed by atoms with Gasteiger partial charge in [-0.15, -0.1) is 17.9 Å². The summed E-state index contributed by atoms with van der Waals surface area (Å²) in [4.78, 5) is 1.01. The Labute approximate surface area is 71.0 Å². The minimum atomic E-state index is -0.382. The highest BCUT2D eigenvalue weighted by molar-refractivity contribution is 7.10. The molecule has 0 fully saturated rings. The van der Waals surface area contributed by atoms with Crippen LogP contribution >= 0.6 is 11.3 Å². The summed E-state index contributed by atoms with van der Waals surface area (Å²) < 4.78 is 0. The van der Waals surface area contributed by atoms with E-state index in [0.717, 1.165) is 4.88 Å². The molecular weight excluding hydrogens is 156 g/mol. The summed E-state index contributed by atoms with van der Waals surface area (Å²) in [6.45, 7) is 5.59. The van der Waals surface area contributed by atoms with Crippen LogP contribution in [-0.2, 0) is 0 Å². The van der Waals surface area contributed by atoms with Crippen LogP contribution in [0.3, 0.4) is 0 Å². The molecule has 0 saturated heterocycles. The summed E-state index contributed by atoms with van der Waals surface area (Å²) in [6.07, 6.45) is 1.39. The maximum Gasteiger partial charge on any atom is 0.0941 e. The van der Waals surface area contributed by atoms with Crippen LogP contribution in [0.2, 0.25) is 0 Å². The molecule has 0 amide bonds. The molecule has 2 heteroatoms. The minimum Gasteiger partial charge on any atom is -0.387 e. The third-order valence-electron chi connectivity index (χ3n) is 1.70. The molecular formula is C9H12OS. The van der Waals surface area contributed by atoms with E-state index in [0.29, 0.717) is 0 Å². The molecule has 0 unspecified atom stereocenters. The van der Waals surface area contributed by atoms with Crippen molar-refractivity contribution in [2.45, 2.75) is 13.0 Å². The van der Waals surface area contributed by atoms with Crippen LogP contribution in [-0.4, -0.2) is 5.11 Å². The minimum absolute atomic E-state index is 0.133. The van der Waals surface area contributed by atoms with Crippen LogP contribution in [0, 0.1) is 5.92 Å². The lowest BCUT2D eigenvalue weighted by Gasteiger charge is -2.12. The molecule has 60 valence electrons. The first-order chi connectivity index (χ1) is 5.25. The summed E-state index contributed by atoms with van der Waals surface area (Å²) in [7, 11) is 0. The molecule has 0 spiro atoms. The van der Waals surface area contributed by atoms with E-state index in [1.165, 1.54) is 0 Å². The SMILES string of the molecule is C=C[C@H](C)[C@@H](O)c1cccs1. The smallest absolute Gasteiger partial charge is 0.0941 e. The van der Waals surface area contributed by atoms with E-state index in [4.69, 9.17) is 0 Å². The fraction of sp³-hybridized carbons (Fsp3) is 0.333. The molecule has 0 aliphatic carbocycles. The Kier molecular flexibility index (Phi) is 2.85. The van der Waals surface area contributed by atoms with E-state index < -0.39 is 0 Å². The highest BCUT2D eigenvalue weighted by Crippen LogP contribution is 2.25. The molecule has 1 N–H and O–H groups in total. The second kappa shape index (κ2) is 3.69. The first-order valence-corrected chi connectivity index (χ1v) is 4.47. The Morgan fingerprint density at radius 3 is 2.91 bits per heavy atom. The van der Waals surface area contributed by atoms with Gasteiger partial charge in [-0.1, -0.05) is 19.1 Å². The van der Waals surface area contributed by atoms with Gasteiger partial charge in [0.05, 0.1) is 6.10 Å². The number of hydrogen-bond acceptors (Lipinski definition) is 2. The van der Waals surface area contributed by atoms with Crippen LogP contribution in [0.15, 0.2) is 30.2 Å². The first kappa shape index (κ1) is 8.50. The molecule has 1 heterocycles. The Balaban J connectivity index is 2.69. The molecule has 0 radical (unpaired) electrons. The van der Waals surface area contributed by atoms with Crippen molar-refractivity contribution in [3.63, 3.8) is 0 Å². The van der Waals surface area contributed by atoms with Gasteiger partial charge in [-0.3, -0.25) is 0 Å². The fourth-order valence-electron chi connectivity index (χ4n) is 0.848. The standard InChI is InChI=1S/C9H12OS/c1-3-7(2)9(10)8-5-4-6-11-8/h3-7,9-10H,1H2,2H3/t7-,9+/m0/s1. The van der Waals surface area contributed by atoms with Crippen molar-refractivity contribution in [1.82, 2.24) is 0 Å². The highest BCUT2D eigenvalue weighted by Gasteiger charge is 2.13. The van der Waals surface area contributed by atoms with Gasteiger partial charge in [-0.2, -0.15) is 0 Å². The van der Waals surface area contributed by atoms with Crippen molar-refractivity contribution in [1.29, 1.82) is 0 Å². The number of thiophene rings is 1. The van der Waals surface area contributed by atoms with Gasteiger partial charge in [0.25, 0.3) is 0 Å². The molecule has 2 atom stereocenters. The van der Waals surface area contributed by atoms with Crippen molar-refractivity contribution in [3.8, 4) is 0 Å². The lowest BCUT2D eigenvalue weighted by atomic mass is 10.0. The first-order valence-electron chi connectivity index (χ1n) is 3.59. The van der Waals surface area contributed by atoms with Gasteiger partial charge in [0, 0.05) is 10.8 Å². The Morgan fingerprint density at radius 1 is 1.73 bits per heavy atom. The average Bonchev–Trinajstić information content (AvgIpc) is 2.53. The third kappa shape index (κ3) is 1.91. The Bertz CT molecular complexity index is 215. The zero-order chi connectivity index (χ0) is 8.27. The van der Waals surface area contributed by atoms with Gasteiger partial charge in [0.15, 0.2) is 0 Å². The molecule has 1 aromatic rings. The molecule has 0 saturated carbocycles. The zero-order valence-corrected chi connectivity index (χ0v) is 7.34. The molecule has 1 nitrogen and oxygen atoms in total. The van der Waals surface area contributed by atoms with Crippen molar-refractivity contribution in [2.75, 3.05) is 0 Å². The Hall–Kier alpha value is -0.600. The van der Waals surface area contributed by atoms with E-state index in [1.807, 2.05) is 24.4 Å². The summed E-state index contributed by atoms with van der Waals surface area (Å²) in [5, 5.41) is 11.6. The second-order valence-corrected chi connectivity index (χ2v) is 3.53. The van der Waals surface area contributed by atoms with Gasteiger partial charge in [0.2, 0.25) is 0 Å². The number of aliphatic hydroxyl groups excluding tert-OH is 1. The van der Waals surface area contributed by atoms with Crippen molar-refractivity contribution in [3.05, 3.63) is 35.0 Å². The third-order valence-corrected chi connectivity index (χ3v) is 2.65. The molecule has 11 heavy (non-hydrogen) atoms. The fourth-order valence-corrected chi connectivity index (χ4v) is 1.67. The Morgan fingerprint density at radius 2 is 2.45 bits per heavy atom. The van der Waals surface area contributed by atoms with E-state index in [9.17, 15) is 5.11 Å². The number of rotatable bonds is 3. The van der Waals surface area contributed by atoms with Crippen molar-refractivity contribution < 1.29 is 5.11 Å². The largest absolute Gasteiger partial charge is 0.387 e. The van der Waals surface area contributed by atoms with Gasteiger partial charge in [-0.05, 0) is 11.4 Å². The van der Waals surface area contributed by atoms with Gasteiger partial charge in [-0.25, -0.2) is 0 Å². The summed E-state index contributed by atoms with van der Waals surface area (Å²) in [5.74, 6) is 0.133. The lowest BCUT2D eigenvalue weighted by Crippen LogP contribution is -2.03. The highest BCUT2D eigenvalue weighted by atomic mass is 32.1. The normalized spacial score (nSPS) is 15.8. The maximum atomic E-state index is 9.62. The topological polar surface area (TPSA) is 20.2 Å². The zero-order valence-electron chi connectivity index (χ0n) is 6.53. The van der Waals surface area contributed by atoms with Crippen LogP contribution in [0.4, 0.5) is 0 Å². The van der Waals surface area contributed by atoms with E-state index >= 15 is 0 Å². The molecule has 0 aliphatic rings. The van der Waals surface area contributed by atoms with Gasteiger partial charge in [0.1, 0.15) is 0 Å². The van der Waals surface area contributed by atoms with Gasteiger partial charge < -0.3 is 5.11 Å². The van der Waals surface area contributed by atoms with Gasteiger partial charge >= 0.3 is 0 Å². The predicted molar refractivity (Wildman–Crippen MR) is 48.6 cm³/mol. The summed E-state index contributed by atoms with van der Waals surface area (Å²) in [6, 6.07) is 3.88. The molecule has 0 aromatic carbocycles. The van der Waals surface area contributed by atoms with Crippen molar-refractivity contribution >= 4 is 11.3 Å². The number of aliphatic hydroxyl groups is 1.